The molecule has 0 spiro atoms. The maximum absolute atomic E-state index is 13.2. The molecule has 1 nitrogen and oxygen atoms in total. The fraction of sp³-hybridized carbons (Fsp3) is 0.600. The monoisotopic (exact) mass is 315 g/mol. The van der Waals surface area contributed by atoms with Crippen LogP contribution in [-0.2, 0) is 6.42 Å². The molecule has 0 radical (unpaired) electrons. The van der Waals surface area contributed by atoms with Crippen molar-refractivity contribution in [2.75, 3.05) is 6.54 Å². The zero-order valence-electron chi connectivity index (χ0n) is 11.6. The van der Waals surface area contributed by atoms with Gasteiger partial charge in [-0.15, -0.1) is 0 Å². The fourth-order valence-corrected chi connectivity index (χ4v) is 2.83. The number of nitrogens with one attached hydrogen (secondary N) is 1. The normalized spacial score (nSPS) is 14.8. The second-order valence-electron chi connectivity index (χ2n) is 5.21. The van der Waals surface area contributed by atoms with Crippen LogP contribution in [0, 0.1) is 17.7 Å². The third-order valence-corrected chi connectivity index (χ3v) is 4.09. The summed E-state index contributed by atoms with van der Waals surface area (Å²) in [4.78, 5) is 0. The average molecular weight is 316 g/mol. The molecule has 3 heteroatoms. The van der Waals surface area contributed by atoms with Crippen LogP contribution in [0.1, 0.15) is 33.3 Å². The highest BCUT2D eigenvalue weighted by molar-refractivity contribution is 9.10. The van der Waals surface area contributed by atoms with E-state index >= 15 is 0 Å². The van der Waals surface area contributed by atoms with Crippen LogP contribution in [0.4, 0.5) is 4.39 Å². The maximum Gasteiger partial charge on any atom is 0.137 e. The summed E-state index contributed by atoms with van der Waals surface area (Å²) < 4.78 is 13.8. The van der Waals surface area contributed by atoms with Crippen molar-refractivity contribution in [2.45, 2.75) is 40.2 Å². The van der Waals surface area contributed by atoms with E-state index < -0.39 is 0 Å². The molecule has 2 atom stereocenters. The van der Waals surface area contributed by atoms with E-state index in [-0.39, 0.29) is 5.82 Å². The van der Waals surface area contributed by atoms with Gasteiger partial charge >= 0.3 is 0 Å². The summed E-state index contributed by atoms with van der Waals surface area (Å²) in [7, 11) is 0. The number of rotatable bonds is 6. The van der Waals surface area contributed by atoms with E-state index in [1.807, 2.05) is 12.1 Å². The Bertz CT molecular complexity index is 379. The first-order valence-electron chi connectivity index (χ1n) is 6.63. The molecule has 1 rings (SSSR count). The molecule has 0 amide bonds. The van der Waals surface area contributed by atoms with Gasteiger partial charge in [0.1, 0.15) is 5.82 Å². The molecule has 0 aliphatic carbocycles. The van der Waals surface area contributed by atoms with Crippen molar-refractivity contribution in [3.8, 4) is 0 Å². The molecule has 0 bridgehead atoms. The zero-order chi connectivity index (χ0) is 13.7. The SMILES string of the molecule is CCNC(C)C(Cc1ccc(F)c(Br)c1)C(C)C. The highest BCUT2D eigenvalue weighted by atomic mass is 79.9. The topological polar surface area (TPSA) is 12.0 Å². The third-order valence-electron chi connectivity index (χ3n) is 3.48. The van der Waals surface area contributed by atoms with Crippen LogP contribution in [0.2, 0.25) is 0 Å². The first-order chi connectivity index (χ1) is 8.45. The van der Waals surface area contributed by atoms with Gasteiger partial charge in [0.15, 0.2) is 0 Å². The Kier molecular flexibility index (Phi) is 6.30. The molecule has 2 unspecified atom stereocenters. The van der Waals surface area contributed by atoms with Crippen LogP contribution < -0.4 is 5.32 Å². The number of hydrogen-bond donors (Lipinski definition) is 1. The zero-order valence-corrected chi connectivity index (χ0v) is 13.2. The number of benzene rings is 1. The summed E-state index contributed by atoms with van der Waals surface area (Å²) in [5.41, 5.74) is 1.19. The summed E-state index contributed by atoms with van der Waals surface area (Å²) in [6, 6.07) is 5.78. The number of hydrogen-bond acceptors (Lipinski definition) is 1. The van der Waals surface area contributed by atoms with Gasteiger partial charge < -0.3 is 5.32 Å². The molecule has 1 N–H and O–H groups in total. The van der Waals surface area contributed by atoms with E-state index in [1.165, 1.54) is 11.6 Å². The largest absolute Gasteiger partial charge is 0.314 e. The minimum absolute atomic E-state index is 0.195. The predicted molar refractivity (Wildman–Crippen MR) is 79.3 cm³/mol. The minimum Gasteiger partial charge on any atom is -0.314 e. The van der Waals surface area contributed by atoms with Gasteiger partial charge in [0.05, 0.1) is 4.47 Å². The Morgan fingerprint density at radius 1 is 1.28 bits per heavy atom. The Morgan fingerprint density at radius 3 is 2.44 bits per heavy atom. The fourth-order valence-electron chi connectivity index (χ4n) is 2.40. The highest BCUT2D eigenvalue weighted by Gasteiger charge is 2.20. The van der Waals surface area contributed by atoms with E-state index in [9.17, 15) is 4.39 Å². The summed E-state index contributed by atoms with van der Waals surface area (Å²) in [5, 5.41) is 3.49. The second-order valence-corrected chi connectivity index (χ2v) is 6.06. The molecule has 0 heterocycles. The van der Waals surface area contributed by atoms with Gasteiger partial charge in [-0.1, -0.05) is 26.8 Å². The van der Waals surface area contributed by atoms with Gasteiger partial charge in [0, 0.05) is 6.04 Å². The van der Waals surface area contributed by atoms with Crippen LogP contribution in [0.25, 0.3) is 0 Å². The van der Waals surface area contributed by atoms with Gasteiger partial charge in [0.25, 0.3) is 0 Å². The highest BCUT2D eigenvalue weighted by Crippen LogP contribution is 2.24. The van der Waals surface area contributed by atoms with Gasteiger partial charge in [-0.3, -0.25) is 0 Å². The van der Waals surface area contributed by atoms with Crippen LogP contribution in [0.3, 0.4) is 0 Å². The summed E-state index contributed by atoms with van der Waals surface area (Å²) in [5.74, 6) is 0.963. The first kappa shape index (κ1) is 15.6. The summed E-state index contributed by atoms with van der Waals surface area (Å²) >= 11 is 3.25. The minimum atomic E-state index is -0.195. The third kappa shape index (κ3) is 4.36. The lowest BCUT2D eigenvalue weighted by molar-refractivity contribution is 0.292. The van der Waals surface area contributed by atoms with Gasteiger partial charge in [-0.25, -0.2) is 4.39 Å². The molecule has 102 valence electrons. The average Bonchev–Trinajstić information content (AvgIpc) is 2.30. The Morgan fingerprint density at radius 2 is 1.94 bits per heavy atom. The van der Waals surface area contributed by atoms with Crippen molar-refractivity contribution in [3.05, 3.63) is 34.1 Å². The van der Waals surface area contributed by atoms with Crippen molar-refractivity contribution in [1.29, 1.82) is 0 Å². The van der Waals surface area contributed by atoms with Crippen molar-refractivity contribution >= 4 is 15.9 Å². The van der Waals surface area contributed by atoms with Crippen LogP contribution in [-0.4, -0.2) is 12.6 Å². The standard InChI is InChI=1S/C15H23BrFN/c1-5-18-11(4)13(10(2)3)8-12-6-7-15(17)14(16)9-12/h6-7,9-11,13,18H,5,8H2,1-4H3. The van der Waals surface area contributed by atoms with Gasteiger partial charge in [0.2, 0.25) is 0 Å². The van der Waals surface area contributed by atoms with Crippen molar-refractivity contribution in [1.82, 2.24) is 5.32 Å². The molecule has 0 aromatic heterocycles. The molecule has 0 fully saturated rings. The van der Waals surface area contributed by atoms with E-state index in [2.05, 4.69) is 48.9 Å². The predicted octanol–water partition coefficient (Wildman–Crippen LogP) is 4.40. The van der Waals surface area contributed by atoms with Gasteiger partial charge in [-0.2, -0.15) is 0 Å². The van der Waals surface area contributed by atoms with Crippen LogP contribution >= 0.6 is 15.9 Å². The lowest BCUT2D eigenvalue weighted by Crippen LogP contribution is -2.37. The smallest absolute Gasteiger partial charge is 0.137 e. The van der Waals surface area contributed by atoms with E-state index in [0.717, 1.165) is 13.0 Å². The molecule has 1 aromatic carbocycles. The maximum atomic E-state index is 13.2. The van der Waals surface area contributed by atoms with Gasteiger partial charge in [-0.05, 0) is 65.4 Å². The quantitative estimate of drug-likeness (QED) is 0.820. The second kappa shape index (κ2) is 7.25. The van der Waals surface area contributed by atoms with Crippen LogP contribution in [0.5, 0.6) is 0 Å². The molecule has 0 saturated heterocycles. The lowest BCUT2D eigenvalue weighted by Gasteiger charge is -2.28. The molecule has 18 heavy (non-hydrogen) atoms. The van der Waals surface area contributed by atoms with Crippen molar-refractivity contribution in [3.63, 3.8) is 0 Å². The molecule has 0 saturated carbocycles. The molecule has 0 aliphatic rings. The van der Waals surface area contributed by atoms with E-state index in [0.29, 0.717) is 22.4 Å². The lowest BCUT2D eigenvalue weighted by atomic mass is 9.84. The Labute approximate surface area is 118 Å². The first-order valence-corrected chi connectivity index (χ1v) is 7.42. The van der Waals surface area contributed by atoms with Crippen molar-refractivity contribution < 1.29 is 4.39 Å². The molecule has 0 aliphatic heterocycles. The number of halogens is 2. The molecular formula is C15H23BrFN. The summed E-state index contributed by atoms with van der Waals surface area (Å²) in [6.45, 7) is 9.83. The van der Waals surface area contributed by atoms with E-state index in [4.69, 9.17) is 0 Å². The van der Waals surface area contributed by atoms with Crippen LogP contribution in [0.15, 0.2) is 22.7 Å². The molecule has 1 aromatic rings. The summed E-state index contributed by atoms with van der Waals surface area (Å²) in [6.07, 6.45) is 0.977. The Balaban J connectivity index is 2.79. The van der Waals surface area contributed by atoms with E-state index in [1.54, 1.807) is 0 Å². The Hall–Kier alpha value is -0.410. The van der Waals surface area contributed by atoms with Crippen molar-refractivity contribution in [2.24, 2.45) is 11.8 Å². The molecular weight excluding hydrogens is 293 g/mol.